The van der Waals surface area contributed by atoms with Gasteiger partial charge in [0.25, 0.3) is 0 Å². The van der Waals surface area contributed by atoms with Crippen LogP contribution in [0, 0.1) is 0 Å². The van der Waals surface area contributed by atoms with Crippen LogP contribution in [0.15, 0.2) is 0 Å². The van der Waals surface area contributed by atoms with E-state index in [0.717, 1.165) is 32.7 Å². The summed E-state index contributed by atoms with van der Waals surface area (Å²) in [6, 6.07) is 0.248. The molecule has 1 aliphatic rings. The van der Waals surface area contributed by atoms with Gasteiger partial charge >= 0.3 is 0 Å². The second kappa shape index (κ2) is 6.83. The Kier molecular flexibility index (Phi) is 5.73. The first kappa shape index (κ1) is 13.4. The smallest absolute Gasteiger partial charge is 0.235 e. The lowest BCUT2D eigenvalue weighted by Gasteiger charge is -2.32. The fraction of sp³-hybridized carbons (Fsp3) is 0.909. The summed E-state index contributed by atoms with van der Waals surface area (Å²) >= 11 is 0. The SMILES string of the molecule is CCNC(C)CC(=O)NN1CCN(C)CC1. The van der Waals surface area contributed by atoms with Crippen LogP contribution in [0.5, 0.6) is 0 Å². The van der Waals surface area contributed by atoms with Crippen molar-refractivity contribution >= 4 is 5.91 Å². The van der Waals surface area contributed by atoms with E-state index in [-0.39, 0.29) is 11.9 Å². The van der Waals surface area contributed by atoms with Crippen LogP contribution in [0.2, 0.25) is 0 Å². The highest BCUT2D eigenvalue weighted by Crippen LogP contribution is 1.97. The highest BCUT2D eigenvalue weighted by atomic mass is 16.2. The molecule has 0 radical (unpaired) electrons. The highest BCUT2D eigenvalue weighted by molar-refractivity contribution is 5.75. The summed E-state index contributed by atoms with van der Waals surface area (Å²) in [6.45, 7) is 8.85. The predicted molar refractivity (Wildman–Crippen MR) is 65.0 cm³/mol. The molecule has 0 aromatic heterocycles. The van der Waals surface area contributed by atoms with E-state index < -0.39 is 0 Å². The molecule has 94 valence electrons. The van der Waals surface area contributed by atoms with Gasteiger partial charge in [0.2, 0.25) is 5.91 Å². The second-order valence-corrected chi connectivity index (χ2v) is 4.49. The van der Waals surface area contributed by atoms with Crippen molar-refractivity contribution in [2.75, 3.05) is 39.8 Å². The van der Waals surface area contributed by atoms with E-state index in [1.807, 2.05) is 11.9 Å². The van der Waals surface area contributed by atoms with Gasteiger partial charge in [-0.2, -0.15) is 0 Å². The molecule has 2 N–H and O–H groups in total. The lowest BCUT2D eigenvalue weighted by atomic mass is 10.2. The Morgan fingerprint density at radius 1 is 1.31 bits per heavy atom. The maximum Gasteiger partial charge on any atom is 0.235 e. The van der Waals surface area contributed by atoms with Gasteiger partial charge in [0.05, 0.1) is 0 Å². The van der Waals surface area contributed by atoms with Crippen LogP contribution in [0.4, 0.5) is 0 Å². The fourth-order valence-electron chi connectivity index (χ4n) is 1.84. The molecule has 0 spiro atoms. The molecule has 0 aromatic rings. The Morgan fingerprint density at radius 3 is 2.50 bits per heavy atom. The van der Waals surface area contributed by atoms with Gasteiger partial charge in [0, 0.05) is 38.6 Å². The van der Waals surface area contributed by atoms with E-state index in [0.29, 0.717) is 6.42 Å². The van der Waals surface area contributed by atoms with Crippen LogP contribution < -0.4 is 10.7 Å². The third kappa shape index (κ3) is 4.92. The van der Waals surface area contributed by atoms with Crippen molar-refractivity contribution in [2.45, 2.75) is 26.3 Å². The normalized spacial score (nSPS) is 20.7. The van der Waals surface area contributed by atoms with Gasteiger partial charge in [0.1, 0.15) is 0 Å². The van der Waals surface area contributed by atoms with Crippen LogP contribution in [-0.4, -0.2) is 61.6 Å². The number of rotatable bonds is 5. The Labute approximate surface area is 98.1 Å². The number of nitrogens with one attached hydrogen (secondary N) is 2. The van der Waals surface area contributed by atoms with Gasteiger partial charge in [-0.25, -0.2) is 5.01 Å². The molecule has 1 fully saturated rings. The number of amides is 1. The number of hydrazine groups is 1. The summed E-state index contributed by atoms with van der Waals surface area (Å²) in [5, 5.41) is 5.25. The van der Waals surface area contributed by atoms with Gasteiger partial charge in [-0.05, 0) is 20.5 Å². The minimum Gasteiger partial charge on any atom is -0.314 e. The van der Waals surface area contributed by atoms with E-state index in [4.69, 9.17) is 0 Å². The zero-order valence-electron chi connectivity index (χ0n) is 10.6. The van der Waals surface area contributed by atoms with Crippen molar-refractivity contribution < 1.29 is 4.79 Å². The first-order valence-electron chi connectivity index (χ1n) is 6.08. The molecule has 0 aromatic carbocycles. The number of carbonyl (C=O) groups is 1. The number of carbonyl (C=O) groups excluding carboxylic acids is 1. The molecule has 1 saturated heterocycles. The predicted octanol–water partition coefficient (Wildman–Crippen LogP) is -0.347. The van der Waals surface area contributed by atoms with Crippen molar-refractivity contribution in [1.82, 2.24) is 20.7 Å². The number of hydrogen-bond acceptors (Lipinski definition) is 4. The minimum atomic E-state index is 0.109. The summed E-state index contributed by atoms with van der Waals surface area (Å²) in [7, 11) is 2.10. The molecule has 1 rings (SSSR count). The average molecular weight is 228 g/mol. The van der Waals surface area contributed by atoms with Gasteiger partial charge < -0.3 is 10.2 Å². The third-order valence-corrected chi connectivity index (χ3v) is 2.83. The third-order valence-electron chi connectivity index (χ3n) is 2.83. The van der Waals surface area contributed by atoms with Crippen LogP contribution in [-0.2, 0) is 4.79 Å². The van der Waals surface area contributed by atoms with Crippen LogP contribution >= 0.6 is 0 Å². The number of nitrogens with zero attached hydrogens (tertiary/aromatic N) is 2. The van der Waals surface area contributed by atoms with Gasteiger partial charge in [-0.15, -0.1) is 0 Å². The standard InChI is InChI=1S/C11H24N4O/c1-4-12-10(2)9-11(16)13-15-7-5-14(3)6-8-15/h10,12H,4-9H2,1-3H3,(H,13,16). The van der Waals surface area contributed by atoms with Crippen molar-refractivity contribution in [3.05, 3.63) is 0 Å². The molecular weight excluding hydrogens is 204 g/mol. The van der Waals surface area contributed by atoms with E-state index in [2.05, 4.69) is 29.6 Å². The Bertz CT molecular complexity index is 214. The molecule has 0 bridgehead atoms. The van der Waals surface area contributed by atoms with E-state index in [1.54, 1.807) is 0 Å². The number of piperazine rings is 1. The van der Waals surface area contributed by atoms with Crippen molar-refractivity contribution in [3.8, 4) is 0 Å². The van der Waals surface area contributed by atoms with Gasteiger partial charge in [-0.1, -0.05) is 6.92 Å². The number of likely N-dealkylation sites (N-methyl/N-ethyl adjacent to an activating group) is 1. The molecule has 5 heteroatoms. The lowest BCUT2D eigenvalue weighted by Crippen LogP contribution is -2.53. The summed E-state index contributed by atoms with van der Waals surface area (Å²) in [4.78, 5) is 13.9. The topological polar surface area (TPSA) is 47.6 Å². The Morgan fingerprint density at radius 2 is 1.94 bits per heavy atom. The molecule has 5 nitrogen and oxygen atoms in total. The van der Waals surface area contributed by atoms with Gasteiger partial charge in [-0.3, -0.25) is 10.2 Å². The molecule has 1 aliphatic heterocycles. The molecule has 0 saturated carbocycles. The van der Waals surface area contributed by atoms with Crippen molar-refractivity contribution in [3.63, 3.8) is 0 Å². The highest BCUT2D eigenvalue weighted by Gasteiger charge is 2.16. The van der Waals surface area contributed by atoms with Crippen molar-refractivity contribution in [2.24, 2.45) is 0 Å². The Balaban J connectivity index is 2.18. The second-order valence-electron chi connectivity index (χ2n) is 4.49. The summed E-state index contributed by atoms with van der Waals surface area (Å²) < 4.78 is 0. The van der Waals surface area contributed by atoms with Crippen LogP contribution in [0.3, 0.4) is 0 Å². The maximum absolute atomic E-state index is 11.7. The monoisotopic (exact) mass is 228 g/mol. The maximum atomic E-state index is 11.7. The fourth-order valence-corrected chi connectivity index (χ4v) is 1.84. The average Bonchev–Trinajstić information content (AvgIpc) is 2.21. The van der Waals surface area contributed by atoms with Gasteiger partial charge in [0.15, 0.2) is 0 Å². The van der Waals surface area contributed by atoms with Crippen molar-refractivity contribution in [1.29, 1.82) is 0 Å². The largest absolute Gasteiger partial charge is 0.314 e. The first-order valence-corrected chi connectivity index (χ1v) is 6.08. The van der Waals surface area contributed by atoms with E-state index >= 15 is 0 Å². The summed E-state index contributed by atoms with van der Waals surface area (Å²) in [5.41, 5.74) is 2.96. The summed E-state index contributed by atoms with van der Waals surface area (Å²) in [6.07, 6.45) is 0.542. The quantitative estimate of drug-likeness (QED) is 0.675. The zero-order valence-corrected chi connectivity index (χ0v) is 10.6. The molecule has 1 atom stereocenters. The van der Waals surface area contributed by atoms with Crippen LogP contribution in [0.1, 0.15) is 20.3 Å². The molecule has 1 amide bonds. The first-order chi connectivity index (χ1) is 7.61. The van der Waals surface area contributed by atoms with E-state index in [1.165, 1.54) is 0 Å². The lowest BCUT2D eigenvalue weighted by molar-refractivity contribution is -0.127. The van der Waals surface area contributed by atoms with Crippen LogP contribution in [0.25, 0.3) is 0 Å². The molecule has 0 aliphatic carbocycles. The minimum absolute atomic E-state index is 0.109. The van der Waals surface area contributed by atoms with E-state index in [9.17, 15) is 4.79 Å². The Hall–Kier alpha value is -0.650. The molecule has 16 heavy (non-hydrogen) atoms. The summed E-state index contributed by atoms with van der Waals surface area (Å²) in [5.74, 6) is 0.109. The molecule has 1 unspecified atom stereocenters. The number of hydrogen-bond donors (Lipinski definition) is 2. The zero-order chi connectivity index (χ0) is 12.0. The molecule has 1 heterocycles. The molecular formula is C11H24N4O.